The van der Waals surface area contributed by atoms with Gasteiger partial charge in [0.25, 0.3) is 5.91 Å². The third kappa shape index (κ3) is 4.21. The fourth-order valence-electron chi connectivity index (χ4n) is 1.78. The van der Waals surface area contributed by atoms with Gasteiger partial charge in [-0.05, 0) is 31.0 Å². The van der Waals surface area contributed by atoms with Gasteiger partial charge < -0.3 is 10.6 Å². The monoisotopic (exact) mass is 350 g/mol. The van der Waals surface area contributed by atoms with E-state index in [1.165, 1.54) is 12.1 Å². The number of hydrogen-bond acceptors (Lipinski definition) is 2. The maximum Gasteiger partial charge on any atom is 0.417 e. The van der Waals surface area contributed by atoms with E-state index in [1.807, 2.05) is 0 Å². The minimum Gasteiger partial charge on any atom is -0.351 e. The van der Waals surface area contributed by atoms with Crippen molar-refractivity contribution in [2.75, 3.05) is 13.1 Å². The molecule has 1 saturated carbocycles. The quantitative estimate of drug-likeness (QED) is 0.801. The first-order valence-electron chi connectivity index (χ1n) is 6.26. The maximum atomic E-state index is 12.9. The van der Waals surface area contributed by atoms with E-state index in [9.17, 15) is 18.0 Å². The topological polar surface area (TPSA) is 41.1 Å². The molecular weight excluding hydrogens is 337 g/mol. The van der Waals surface area contributed by atoms with Gasteiger partial charge in [0.1, 0.15) is 0 Å². The zero-order valence-electron chi connectivity index (χ0n) is 10.6. The van der Waals surface area contributed by atoms with Crippen LogP contribution in [-0.2, 0) is 6.18 Å². The molecule has 1 aromatic carbocycles. The number of amides is 1. The number of benzene rings is 1. The van der Waals surface area contributed by atoms with Crippen molar-refractivity contribution < 1.29 is 18.0 Å². The first kappa shape index (κ1) is 15.3. The molecule has 2 rings (SSSR count). The number of hydrogen-bond donors (Lipinski definition) is 2. The van der Waals surface area contributed by atoms with E-state index in [2.05, 4.69) is 26.6 Å². The molecule has 7 heteroatoms. The lowest BCUT2D eigenvalue weighted by molar-refractivity contribution is -0.138. The first-order valence-corrected chi connectivity index (χ1v) is 7.05. The van der Waals surface area contributed by atoms with Gasteiger partial charge in [-0.25, -0.2) is 0 Å². The van der Waals surface area contributed by atoms with Gasteiger partial charge in [-0.15, -0.1) is 0 Å². The van der Waals surface area contributed by atoms with Crippen LogP contribution in [-0.4, -0.2) is 25.0 Å². The van der Waals surface area contributed by atoms with Gasteiger partial charge in [-0.1, -0.05) is 15.9 Å². The van der Waals surface area contributed by atoms with Crippen LogP contribution in [0.2, 0.25) is 0 Å². The van der Waals surface area contributed by atoms with Crippen molar-refractivity contribution in [3.63, 3.8) is 0 Å². The summed E-state index contributed by atoms with van der Waals surface area (Å²) in [5, 5.41) is 5.67. The Balaban J connectivity index is 2.00. The number of carbonyl (C=O) groups excluding carboxylic acids is 1. The summed E-state index contributed by atoms with van der Waals surface area (Å²) in [5.74, 6) is -0.706. The summed E-state index contributed by atoms with van der Waals surface area (Å²) in [6, 6.07) is 4.02. The summed E-state index contributed by atoms with van der Waals surface area (Å²) in [6.07, 6.45) is -2.31. The van der Waals surface area contributed by atoms with Crippen LogP contribution >= 0.6 is 15.9 Å². The van der Waals surface area contributed by atoms with Crippen molar-refractivity contribution in [3.8, 4) is 0 Å². The van der Waals surface area contributed by atoms with Gasteiger partial charge in [0.2, 0.25) is 0 Å². The molecule has 0 saturated heterocycles. The molecule has 110 valence electrons. The average molecular weight is 351 g/mol. The summed E-state index contributed by atoms with van der Waals surface area (Å²) >= 11 is 2.98. The Labute approximate surface area is 123 Å². The predicted molar refractivity (Wildman–Crippen MR) is 72.5 cm³/mol. The molecule has 1 fully saturated rings. The van der Waals surface area contributed by atoms with Crippen LogP contribution in [0.3, 0.4) is 0 Å². The van der Waals surface area contributed by atoms with E-state index in [1.54, 1.807) is 0 Å². The Morgan fingerprint density at radius 3 is 2.60 bits per heavy atom. The minimum atomic E-state index is -4.55. The second kappa shape index (κ2) is 6.13. The predicted octanol–water partition coefficient (Wildman–Crippen LogP) is 2.95. The molecule has 0 aliphatic heterocycles. The second-order valence-electron chi connectivity index (χ2n) is 4.67. The van der Waals surface area contributed by atoms with Gasteiger partial charge >= 0.3 is 6.18 Å². The summed E-state index contributed by atoms with van der Waals surface area (Å²) in [4.78, 5) is 11.8. The normalized spacial score (nSPS) is 15.2. The summed E-state index contributed by atoms with van der Waals surface area (Å²) in [5.41, 5.74) is -1.29. The largest absolute Gasteiger partial charge is 0.417 e. The molecule has 0 aromatic heterocycles. The van der Waals surface area contributed by atoms with Crippen LogP contribution in [0.4, 0.5) is 13.2 Å². The molecule has 0 bridgehead atoms. The van der Waals surface area contributed by atoms with Crippen LogP contribution in [0.25, 0.3) is 0 Å². The molecule has 0 unspecified atom stereocenters. The number of alkyl halides is 3. The zero-order chi connectivity index (χ0) is 14.8. The zero-order valence-corrected chi connectivity index (χ0v) is 12.1. The molecule has 1 amide bonds. The molecule has 1 aromatic rings. The van der Waals surface area contributed by atoms with Crippen molar-refractivity contribution in [2.45, 2.75) is 25.1 Å². The highest BCUT2D eigenvalue weighted by atomic mass is 79.9. The summed E-state index contributed by atoms with van der Waals surface area (Å²) in [6.45, 7) is 0.872. The number of nitrogens with one attached hydrogen (secondary N) is 2. The Morgan fingerprint density at radius 2 is 2.00 bits per heavy atom. The molecule has 1 aliphatic rings. The van der Waals surface area contributed by atoms with Gasteiger partial charge in [-0.3, -0.25) is 4.79 Å². The van der Waals surface area contributed by atoms with Crippen molar-refractivity contribution in [1.82, 2.24) is 10.6 Å². The summed E-state index contributed by atoms with van der Waals surface area (Å²) in [7, 11) is 0. The number of rotatable bonds is 5. The third-order valence-electron chi connectivity index (χ3n) is 2.95. The van der Waals surface area contributed by atoms with E-state index < -0.39 is 17.6 Å². The van der Waals surface area contributed by atoms with Crippen molar-refractivity contribution in [3.05, 3.63) is 33.8 Å². The molecule has 0 heterocycles. The summed E-state index contributed by atoms with van der Waals surface area (Å²) < 4.78 is 38.9. The molecule has 0 spiro atoms. The highest BCUT2D eigenvalue weighted by Gasteiger charge is 2.35. The SMILES string of the molecule is O=C(NCCNC1CC1)c1ccc(Br)cc1C(F)(F)F. The van der Waals surface area contributed by atoms with Crippen molar-refractivity contribution >= 4 is 21.8 Å². The van der Waals surface area contributed by atoms with E-state index in [0.29, 0.717) is 19.1 Å². The molecular formula is C13H14BrF3N2O. The van der Waals surface area contributed by atoms with Crippen LogP contribution in [0.15, 0.2) is 22.7 Å². The number of halogens is 4. The Kier molecular flexibility index (Phi) is 4.70. The highest BCUT2D eigenvalue weighted by Crippen LogP contribution is 2.33. The molecule has 0 atom stereocenters. The lowest BCUT2D eigenvalue weighted by Crippen LogP contribution is -2.33. The fourth-order valence-corrected chi connectivity index (χ4v) is 2.15. The molecule has 3 nitrogen and oxygen atoms in total. The van der Waals surface area contributed by atoms with Crippen LogP contribution in [0.5, 0.6) is 0 Å². The van der Waals surface area contributed by atoms with Gasteiger partial charge in [-0.2, -0.15) is 13.2 Å². The van der Waals surface area contributed by atoms with E-state index in [0.717, 1.165) is 18.9 Å². The average Bonchev–Trinajstić information content (AvgIpc) is 3.17. The Bertz CT molecular complexity index is 501. The highest BCUT2D eigenvalue weighted by molar-refractivity contribution is 9.10. The maximum absolute atomic E-state index is 12.9. The lowest BCUT2D eigenvalue weighted by atomic mass is 10.1. The lowest BCUT2D eigenvalue weighted by Gasteiger charge is -2.13. The first-order chi connectivity index (χ1) is 9.38. The van der Waals surface area contributed by atoms with Crippen LogP contribution in [0, 0.1) is 0 Å². The van der Waals surface area contributed by atoms with Gasteiger partial charge in [0.15, 0.2) is 0 Å². The Morgan fingerprint density at radius 1 is 1.30 bits per heavy atom. The molecule has 1 aliphatic carbocycles. The smallest absolute Gasteiger partial charge is 0.351 e. The van der Waals surface area contributed by atoms with Crippen LogP contribution in [0.1, 0.15) is 28.8 Å². The standard InChI is InChI=1S/C13H14BrF3N2O/c14-8-1-4-10(11(7-8)13(15,16)17)12(20)19-6-5-18-9-2-3-9/h1,4,7,9,18H,2-3,5-6H2,(H,19,20). The molecule has 20 heavy (non-hydrogen) atoms. The fraction of sp³-hybridized carbons (Fsp3) is 0.462. The van der Waals surface area contributed by atoms with Gasteiger partial charge in [0.05, 0.1) is 11.1 Å². The van der Waals surface area contributed by atoms with Crippen LogP contribution < -0.4 is 10.6 Å². The molecule has 0 radical (unpaired) electrons. The minimum absolute atomic E-state index is 0.289. The van der Waals surface area contributed by atoms with Crippen molar-refractivity contribution in [2.24, 2.45) is 0 Å². The van der Waals surface area contributed by atoms with E-state index in [-0.39, 0.29) is 10.0 Å². The second-order valence-corrected chi connectivity index (χ2v) is 5.59. The molecule has 2 N–H and O–H groups in total. The van der Waals surface area contributed by atoms with Gasteiger partial charge in [0, 0.05) is 23.6 Å². The third-order valence-corrected chi connectivity index (χ3v) is 3.45. The van der Waals surface area contributed by atoms with E-state index in [4.69, 9.17) is 0 Å². The Hall–Kier alpha value is -1.08. The van der Waals surface area contributed by atoms with Crippen molar-refractivity contribution in [1.29, 1.82) is 0 Å². The number of carbonyl (C=O) groups is 1. The van der Waals surface area contributed by atoms with E-state index >= 15 is 0 Å².